The third kappa shape index (κ3) is 7.32. The molecule has 1 aromatic heterocycles. The van der Waals surface area contributed by atoms with Crippen molar-refractivity contribution in [2.24, 2.45) is 9.98 Å². The molecule has 0 bridgehead atoms. The smallest absolute Gasteiger partial charge is 0.268 e. The van der Waals surface area contributed by atoms with Crippen LogP contribution in [0.25, 0.3) is 16.6 Å². The highest BCUT2D eigenvalue weighted by Gasteiger charge is 2.22. The van der Waals surface area contributed by atoms with Gasteiger partial charge in [0.1, 0.15) is 5.60 Å². The molecule has 198 valence electrons. The lowest BCUT2D eigenvalue weighted by atomic mass is 10.1. The van der Waals surface area contributed by atoms with Gasteiger partial charge in [-0.25, -0.2) is 12.4 Å². The molecule has 0 fully saturated rings. The summed E-state index contributed by atoms with van der Waals surface area (Å²) in [7, 11) is -3.77. The van der Waals surface area contributed by atoms with Gasteiger partial charge in [0.25, 0.3) is 10.0 Å². The summed E-state index contributed by atoms with van der Waals surface area (Å²) >= 11 is 0. The lowest BCUT2D eigenvalue weighted by molar-refractivity contribution is 0.114. The van der Waals surface area contributed by atoms with Crippen LogP contribution in [0.3, 0.4) is 0 Å². The van der Waals surface area contributed by atoms with Crippen molar-refractivity contribution in [3.8, 4) is 0 Å². The summed E-state index contributed by atoms with van der Waals surface area (Å²) in [4.78, 5) is 9.62. The van der Waals surface area contributed by atoms with E-state index in [0.717, 1.165) is 11.8 Å². The molecule has 8 heteroatoms. The molecule has 0 aliphatic rings. The highest BCUT2D eigenvalue weighted by molar-refractivity contribution is 7.90. The van der Waals surface area contributed by atoms with Gasteiger partial charge in [0.15, 0.2) is 5.90 Å². The second kappa shape index (κ2) is 11.3. The predicted octanol–water partition coefficient (Wildman–Crippen LogP) is 6.26. The first kappa shape index (κ1) is 28.2. The molecule has 0 spiro atoms. The number of amidine groups is 1. The number of para-hydroxylation sites is 1. The highest BCUT2D eigenvalue weighted by Crippen LogP contribution is 2.29. The summed E-state index contributed by atoms with van der Waals surface area (Å²) in [6.07, 6.45) is 2.37. The minimum atomic E-state index is -3.77. The van der Waals surface area contributed by atoms with E-state index in [-0.39, 0.29) is 22.6 Å². The van der Waals surface area contributed by atoms with Crippen LogP contribution in [0.2, 0.25) is 0 Å². The molecule has 2 unspecified atom stereocenters. The van der Waals surface area contributed by atoms with Gasteiger partial charge in [0, 0.05) is 29.8 Å². The molecule has 2 atom stereocenters. The van der Waals surface area contributed by atoms with E-state index < -0.39 is 10.0 Å². The van der Waals surface area contributed by atoms with Gasteiger partial charge < -0.3 is 10.1 Å². The van der Waals surface area contributed by atoms with Crippen molar-refractivity contribution in [3.63, 3.8) is 0 Å². The van der Waals surface area contributed by atoms with Crippen molar-refractivity contribution >= 4 is 38.4 Å². The van der Waals surface area contributed by atoms with E-state index in [4.69, 9.17) is 9.73 Å². The van der Waals surface area contributed by atoms with Crippen LogP contribution in [0.15, 0.2) is 82.3 Å². The third-order valence-electron chi connectivity index (χ3n) is 5.59. The van der Waals surface area contributed by atoms with Crippen LogP contribution in [-0.2, 0) is 14.8 Å². The fourth-order valence-electron chi connectivity index (χ4n) is 4.32. The van der Waals surface area contributed by atoms with Crippen LogP contribution in [0.1, 0.15) is 60.5 Å². The number of nitrogens with zero attached hydrogens (tertiary/aromatic N) is 3. The molecule has 7 nitrogen and oxygen atoms in total. The second-order valence-corrected chi connectivity index (χ2v) is 12.1. The van der Waals surface area contributed by atoms with Crippen LogP contribution in [0.4, 0.5) is 0 Å². The molecule has 0 saturated carbocycles. The molecule has 0 saturated heterocycles. The summed E-state index contributed by atoms with van der Waals surface area (Å²) in [5, 5.41) is 4.05. The van der Waals surface area contributed by atoms with Gasteiger partial charge in [-0.2, -0.15) is 0 Å². The van der Waals surface area contributed by atoms with Gasteiger partial charge in [-0.05, 0) is 66.2 Å². The minimum absolute atomic E-state index is 0.0151. The van der Waals surface area contributed by atoms with Crippen molar-refractivity contribution in [1.82, 2.24) is 9.29 Å². The molecular formula is C29H38N4O3S. The topological polar surface area (TPSA) is 85.1 Å². The molecule has 0 aliphatic heterocycles. The van der Waals surface area contributed by atoms with Gasteiger partial charge in [0.2, 0.25) is 0 Å². The monoisotopic (exact) mass is 522 g/mol. The standard InChI is InChI=1S/C29H38N4O3S/c1-20(18-21(2)31-24(5)36-29(6,7)8)30-23(4)32-22(3)27-19-33(28-17-13-12-16-26(27)28)37(34,35)25-14-10-9-11-15-25/h9-17,19-21H,3,18H2,1-2,4-8H3,(H,30,32). The number of benzene rings is 2. The van der Waals surface area contributed by atoms with E-state index in [0.29, 0.717) is 28.5 Å². The molecule has 37 heavy (non-hydrogen) atoms. The minimum Gasteiger partial charge on any atom is -0.476 e. The number of aliphatic imine (C=N–C) groups is 2. The first-order valence-corrected chi connectivity index (χ1v) is 13.9. The van der Waals surface area contributed by atoms with E-state index in [1.165, 1.54) is 3.97 Å². The summed E-state index contributed by atoms with van der Waals surface area (Å²) < 4.78 is 33.9. The largest absolute Gasteiger partial charge is 0.476 e. The quantitative estimate of drug-likeness (QED) is 0.280. The zero-order valence-electron chi connectivity index (χ0n) is 22.8. The maximum atomic E-state index is 13.4. The van der Waals surface area contributed by atoms with Gasteiger partial charge in [0.05, 0.1) is 28.3 Å². The summed E-state index contributed by atoms with van der Waals surface area (Å²) in [5.41, 5.74) is 1.59. The normalized spacial score (nSPS) is 14.9. The van der Waals surface area contributed by atoms with Gasteiger partial charge in [-0.1, -0.05) is 43.0 Å². The number of fused-ring (bicyclic) bond motifs is 1. The molecular weight excluding hydrogens is 484 g/mol. The van der Waals surface area contributed by atoms with Crippen LogP contribution in [-0.4, -0.2) is 41.8 Å². The SMILES string of the molecule is C=C(NC(C)=NC(C)CC(C)N=C(C)OC(C)(C)C)c1cn(S(=O)(=O)c2ccccc2)c2ccccc12. The zero-order chi connectivity index (χ0) is 27.4. The van der Waals surface area contributed by atoms with Crippen molar-refractivity contribution in [2.75, 3.05) is 0 Å². The van der Waals surface area contributed by atoms with Gasteiger partial charge in [-0.15, -0.1) is 0 Å². The number of ether oxygens (including phenoxy) is 1. The van der Waals surface area contributed by atoms with Crippen LogP contribution < -0.4 is 5.32 Å². The predicted molar refractivity (Wildman–Crippen MR) is 154 cm³/mol. The lowest BCUT2D eigenvalue weighted by Crippen LogP contribution is -2.24. The second-order valence-electron chi connectivity index (χ2n) is 10.3. The Morgan fingerprint density at radius 2 is 1.59 bits per heavy atom. The van der Waals surface area contributed by atoms with Crippen molar-refractivity contribution < 1.29 is 13.2 Å². The Balaban J connectivity index is 1.79. The number of hydrogen-bond donors (Lipinski definition) is 1. The zero-order valence-corrected chi connectivity index (χ0v) is 23.6. The van der Waals surface area contributed by atoms with E-state index >= 15 is 0 Å². The number of rotatable bonds is 8. The fraction of sp³-hybridized carbons (Fsp3) is 0.379. The average Bonchev–Trinajstić information content (AvgIpc) is 3.18. The Bertz CT molecular complexity index is 1410. The number of aromatic nitrogens is 1. The first-order chi connectivity index (χ1) is 17.3. The Morgan fingerprint density at radius 3 is 2.24 bits per heavy atom. The third-order valence-corrected chi connectivity index (χ3v) is 7.28. The van der Waals surface area contributed by atoms with Crippen LogP contribution in [0.5, 0.6) is 0 Å². The average molecular weight is 523 g/mol. The van der Waals surface area contributed by atoms with Crippen LogP contribution in [0, 0.1) is 0 Å². The molecule has 0 amide bonds. The van der Waals surface area contributed by atoms with E-state index in [9.17, 15) is 8.42 Å². The molecule has 2 aromatic carbocycles. The molecule has 3 aromatic rings. The van der Waals surface area contributed by atoms with E-state index in [1.54, 1.807) is 42.6 Å². The van der Waals surface area contributed by atoms with Crippen molar-refractivity contribution in [3.05, 3.63) is 72.9 Å². The summed E-state index contributed by atoms with van der Waals surface area (Å²) in [6.45, 7) is 18.0. The Kier molecular flexibility index (Phi) is 8.64. The maximum absolute atomic E-state index is 13.4. The number of nitrogens with one attached hydrogen (secondary N) is 1. The van der Waals surface area contributed by atoms with Gasteiger partial charge >= 0.3 is 0 Å². The lowest BCUT2D eigenvalue weighted by Gasteiger charge is -2.22. The fourth-order valence-corrected chi connectivity index (χ4v) is 5.71. The Hall–Kier alpha value is -3.39. The number of hydrogen-bond acceptors (Lipinski definition) is 5. The highest BCUT2D eigenvalue weighted by atomic mass is 32.2. The first-order valence-electron chi connectivity index (χ1n) is 12.4. The Morgan fingerprint density at radius 1 is 1.00 bits per heavy atom. The molecule has 0 aliphatic carbocycles. The maximum Gasteiger partial charge on any atom is 0.268 e. The molecule has 1 N–H and O–H groups in total. The molecule has 0 radical (unpaired) electrons. The molecule has 1 heterocycles. The summed E-state index contributed by atoms with van der Waals surface area (Å²) in [5.74, 6) is 1.36. The van der Waals surface area contributed by atoms with E-state index in [1.807, 2.05) is 66.7 Å². The van der Waals surface area contributed by atoms with E-state index in [2.05, 4.69) is 16.9 Å². The molecule has 3 rings (SSSR count). The summed E-state index contributed by atoms with van der Waals surface area (Å²) in [6, 6.07) is 15.9. The van der Waals surface area contributed by atoms with Crippen molar-refractivity contribution in [1.29, 1.82) is 0 Å². The van der Waals surface area contributed by atoms with Crippen molar-refractivity contribution in [2.45, 2.75) is 77.5 Å². The van der Waals surface area contributed by atoms with Gasteiger partial charge in [-0.3, -0.25) is 9.98 Å². The van der Waals surface area contributed by atoms with Crippen LogP contribution >= 0.6 is 0 Å². The Labute approximate surface area is 221 Å².